The maximum absolute atomic E-state index is 9.76. The molecule has 0 saturated carbocycles. The summed E-state index contributed by atoms with van der Waals surface area (Å²) in [5.74, 6) is 1.69. The van der Waals surface area contributed by atoms with E-state index >= 15 is 0 Å². The number of likely N-dealkylation sites (tertiary alicyclic amines) is 1. The molecule has 1 aromatic rings. The van der Waals surface area contributed by atoms with Gasteiger partial charge in [-0.2, -0.15) is 0 Å². The van der Waals surface area contributed by atoms with Gasteiger partial charge in [-0.3, -0.25) is 4.90 Å². The number of methoxy groups -OCH3 is 1. The van der Waals surface area contributed by atoms with Crippen LogP contribution in [-0.4, -0.2) is 30.2 Å². The third kappa shape index (κ3) is 3.16. The molecule has 1 saturated heterocycles. The van der Waals surface area contributed by atoms with Gasteiger partial charge in [0.2, 0.25) is 0 Å². The molecule has 0 aliphatic carbocycles. The highest BCUT2D eigenvalue weighted by atomic mass is 16.5. The summed E-state index contributed by atoms with van der Waals surface area (Å²) < 4.78 is 5.05. The van der Waals surface area contributed by atoms with E-state index < -0.39 is 0 Å². The van der Waals surface area contributed by atoms with Crippen LogP contribution >= 0.6 is 0 Å². The first-order chi connectivity index (χ1) is 8.72. The molecule has 1 aliphatic heterocycles. The van der Waals surface area contributed by atoms with E-state index in [4.69, 9.17) is 4.74 Å². The summed E-state index contributed by atoms with van der Waals surface area (Å²) >= 11 is 0. The summed E-state index contributed by atoms with van der Waals surface area (Å²) in [5, 5.41) is 9.76. The van der Waals surface area contributed by atoms with Crippen molar-refractivity contribution in [2.75, 3.05) is 20.2 Å². The Kier molecular flexibility index (Phi) is 4.48. The smallest absolute Gasteiger partial charge is 0.160 e. The first kappa shape index (κ1) is 13.2. The fourth-order valence-corrected chi connectivity index (χ4v) is 2.64. The van der Waals surface area contributed by atoms with Crippen LogP contribution in [0.4, 0.5) is 0 Å². The molecule has 3 heteroatoms. The number of ether oxygens (including phenoxy) is 1. The Labute approximate surface area is 109 Å². The van der Waals surface area contributed by atoms with Crippen molar-refractivity contribution >= 4 is 0 Å². The number of phenols is 1. The molecule has 100 valence electrons. The van der Waals surface area contributed by atoms with Gasteiger partial charge in [-0.05, 0) is 49.5 Å². The Morgan fingerprint density at radius 1 is 1.33 bits per heavy atom. The van der Waals surface area contributed by atoms with Crippen molar-refractivity contribution in [2.45, 2.75) is 32.7 Å². The summed E-state index contributed by atoms with van der Waals surface area (Å²) in [7, 11) is 1.57. The largest absolute Gasteiger partial charge is 0.504 e. The molecule has 1 aliphatic rings. The molecule has 0 radical (unpaired) electrons. The Morgan fingerprint density at radius 3 is 2.61 bits per heavy atom. The molecule has 0 spiro atoms. The van der Waals surface area contributed by atoms with Gasteiger partial charge in [0.15, 0.2) is 11.5 Å². The van der Waals surface area contributed by atoms with E-state index in [-0.39, 0.29) is 5.75 Å². The Hall–Kier alpha value is -1.22. The van der Waals surface area contributed by atoms with Crippen LogP contribution in [0.25, 0.3) is 0 Å². The van der Waals surface area contributed by atoms with Crippen LogP contribution in [0, 0.1) is 5.92 Å². The summed E-state index contributed by atoms with van der Waals surface area (Å²) in [6.45, 7) is 5.55. The fourth-order valence-electron chi connectivity index (χ4n) is 2.64. The van der Waals surface area contributed by atoms with Crippen molar-refractivity contribution in [3.63, 3.8) is 0 Å². The molecule has 0 aromatic heterocycles. The van der Waals surface area contributed by atoms with Gasteiger partial charge in [0.25, 0.3) is 0 Å². The number of nitrogens with zero attached hydrogens (tertiary/aromatic N) is 1. The highest BCUT2D eigenvalue weighted by Gasteiger charge is 2.17. The van der Waals surface area contributed by atoms with Crippen LogP contribution in [0.3, 0.4) is 0 Å². The number of hydrogen-bond donors (Lipinski definition) is 1. The van der Waals surface area contributed by atoms with Crippen molar-refractivity contribution in [3.8, 4) is 11.5 Å². The molecule has 1 aromatic carbocycles. The highest BCUT2D eigenvalue weighted by Crippen LogP contribution is 2.28. The molecule has 1 fully saturated rings. The zero-order valence-electron chi connectivity index (χ0n) is 11.4. The van der Waals surface area contributed by atoms with Gasteiger partial charge < -0.3 is 9.84 Å². The molecule has 1 heterocycles. The van der Waals surface area contributed by atoms with E-state index in [1.54, 1.807) is 7.11 Å². The van der Waals surface area contributed by atoms with E-state index in [1.807, 2.05) is 18.2 Å². The van der Waals surface area contributed by atoms with E-state index in [0.29, 0.717) is 5.75 Å². The van der Waals surface area contributed by atoms with Crippen molar-refractivity contribution < 1.29 is 9.84 Å². The third-order valence-corrected chi connectivity index (χ3v) is 3.93. The minimum atomic E-state index is 0.235. The predicted molar refractivity (Wildman–Crippen MR) is 73.0 cm³/mol. The van der Waals surface area contributed by atoms with Crippen molar-refractivity contribution in [1.29, 1.82) is 0 Å². The average Bonchev–Trinajstić information content (AvgIpc) is 2.40. The Balaban J connectivity index is 1.92. The zero-order valence-corrected chi connectivity index (χ0v) is 11.4. The number of phenolic OH excluding ortho intramolecular Hbond substituents is 1. The van der Waals surface area contributed by atoms with E-state index in [2.05, 4.69) is 11.8 Å². The molecular weight excluding hydrogens is 226 g/mol. The quantitative estimate of drug-likeness (QED) is 0.890. The summed E-state index contributed by atoms with van der Waals surface area (Å²) in [5.41, 5.74) is 1.16. The van der Waals surface area contributed by atoms with Gasteiger partial charge >= 0.3 is 0 Å². The average molecular weight is 249 g/mol. The molecule has 2 rings (SSSR count). The van der Waals surface area contributed by atoms with Gasteiger partial charge in [0.05, 0.1) is 7.11 Å². The predicted octanol–water partition coefficient (Wildman–Crippen LogP) is 3.02. The fraction of sp³-hybridized carbons (Fsp3) is 0.600. The number of rotatable bonds is 4. The summed E-state index contributed by atoms with van der Waals surface area (Å²) in [6.07, 6.45) is 3.91. The van der Waals surface area contributed by atoms with Crippen LogP contribution in [0.15, 0.2) is 18.2 Å². The second kappa shape index (κ2) is 6.10. The second-order valence-corrected chi connectivity index (χ2v) is 5.13. The molecule has 0 amide bonds. The maximum atomic E-state index is 9.76. The number of aromatic hydroxyl groups is 1. The van der Waals surface area contributed by atoms with E-state index in [9.17, 15) is 5.11 Å². The lowest BCUT2D eigenvalue weighted by molar-refractivity contribution is 0.175. The van der Waals surface area contributed by atoms with Crippen molar-refractivity contribution in [2.24, 2.45) is 5.92 Å². The standard InChI is InChI=1S/C15H23NO2/c1-3-12-6-8-16(9-7-12)11-13-4-5-15(18-2)14(17)10-13/h4-5,10,12,17H,3,6-9,11H2,1-2H3. The topological polar surface area (TPSA) is 32.7 Å². The highest BCUT2D eigenvalue weighted by molar-refractivity contribution is 5.41. The van der Waals surface area contributed by atoms with Crippen LogP contribution < -0.4 is 4.74 Å². The normalized spacial score (nSPS) is 17.9. The summed E-state index contributed by atoms with van der Waals surface area (Å²) in [4.78, 5) is 2.47. The van der Waals surface area contributed by atoms with Crippen LogP contribution in [0.2, 0.25) is 0 Å². The molecule has 0 atom stereocenters. The minimum Gasteiger partial charge on any atom is -0.504 e. The van der Waals surface area contributed by atoms with Gasteiger partial charge in [0.1, 0.15) is 0 Å². The first-order valence-electron chi connectivity index (χ1n) is 6.81. The van der Waals surface area contributed by atoms with Gasteiger partial charge in [0, 0.05) is 6.54 Å². The number of piperidine rings is 1. The monoisotopic (exact) mass is 249 g/mol. The Bertz CT molecular complexity index is 384. The molecular formula is C15H23NO2. The minimum absolute atomic E-state index is 0.235. The van der Waals surface area contributed by atoms with Crippen molar-refractivity contribution in [1.82, 2.24) is 4.90 Å². The van der Waals surface area contributed by atoms with Crippen molar-refractivity contribution in [3.05, 3.63) is 23.8 Å². The molecule has 0 unspecified atom stereocenters. The molecule has 3 nitrogen and oxygen atoms in total. The SMILES string of the molecule is CCC1CCN(Cc2ccc(OC)c(O)c2)CC1. The zero-order chi connectivity index (χ0) is 13.0. The Morgan fingerprint density at radius 2 is 2.06 bits per heavy atom. The van der Waals surface area contributed by atoms with Gasteiger partial charge in [-0.1, -0.05) is 19.4 Å². The third-order valence-electron chi connectivity index (χ3n) is 3.93. The molecule has 1 N–H and O–H groups in total. The second-order valence-electron chi connectivity index (χ2n) is 5.13. The molecule has 18 heavy (non-hydrogen) atoms. The number of benzene rings is 1. The van der Waals surface area contributed by atoms with Crippen LogP contribution in [0.5, 0.6) is 11.5 Å². The van der Waals surface area contributed by atoms with E-state index in [0.717, 1.165) is 18.0 Å². The lowest BCUT2D eigenvalue weighted by atomic mass is 9.94. The van der Waals surface area contributed by atoms with Gasteiger partial charge in [-0.25, -0.2) is 0 Å². The van der Waals surface area contributed by atoms with Crippen LogP contribution in [-0.2, 0) is 6.54 Å². The first-order valence-corrected chi connectivity index (χ1v) is 6.81. The molecule has 0 bridgehead atoms. The maximum Gasteiger partial charge on any atom is 0.160 e. The lowest BCUT2D eigenvalue weighted by Gasteiger charge is -2.31. The van der Waals surface area contributed by atoms with Gasteiger partial charge in [-0.15, -0.1) is 0 Å². The lowest BCUT2D eigenvalue weighted by Crippen LogP contribution is -2.32. The summed E-state index contributed by atoms with van der Waals surface area (Å²) in [6, 6.07) is 5.68. The van der Waals surface area contributed by atoms with E-state index in [1.165, 1.54) is 32.4 Å². The van der Waals surface area contributed by atoms with Crippen LogP contribution in [0.1, 0.15) is 31.7 Å². The number of hydrogen-bond acceptors (Lipinski definition) is 3.